The van der Waals surface area contributed by atoms with Crippen molar-refractivity contribution in [2.45, 2.75) is 31.6 Å². The number of aryl methyl sites for hydroxylation is 1. The number of rotatable bonds is 4. The van der Waals surface area contributed by atoms with E-state index in [0.717, 1.165) is 24.5 Å². The van der Waals surface area contributed by atoms with Crippen LogP contribution in [-0.4, -0.2) is 31.7 Å². The number of hydrogen-bond acceptors (Lipinski definition) is 5. The first-order chi connectivity index (χ1) is 14.7. The van der Waals surface area contributed by atoms with Crippen LogP contribution in [0.4, 0.5) is 5.69 Å². The maximum atomic E-state index is 12.9. The van der Waals surface area contributed by atoms with Gasteiger partial charge in [-0.25, -0.2) is 8.42 Å². The van der Waals surface area contributed by atoms with E-state index in [1.807, 2.05) is 13.8 Å². The second-order valence-corrected chi connectivity index (χ2v) is 10.0. The molecule has 31 heavy (non-hydrogen) atoms. The van der Waals surface area contributed by atoms with Gasteiger partial charge in [-0.3, -0.25) is 9.59 Å². The smallest absolute Gasteiger partial charge is 0.291 e. The molecule has 1 N–H and O–H groups in total. The highest BCUT2D eigenvalue weighted by molar-refractivity contribution is 7.89. The van der Waals surface area contributed by atoms with Crippen molar-refractivity contribution in [3.05, 3.63) is 70.1 Å². The monoisotopic (exact) mass is 440 g/mol. The van der Waals surface area contributed by atoms with E-state index in [9.17, 15) is 18.0 Å². The average molecular weight is 441 g/mol. The third-order valence-corrected chi connectivity index (χ3v) is 7.36. The molecule has 0 aliphatic carbocycles. The quantitative estimate of drug-likeness (QED) is 0.666. The molecule has 0 bridgehead atoms. The van der Waals surface area contributed by atoms with Crippen molar-refractivity contribution in [1.82, 2.24) is 4.31 Å². The van der Waals surface area contributed by atoms with Gasteiger partial charge in [-0.2, -0.15) is 4.31 Å². The Morgan fingerprint density at radius 3 is 2.58 bits per heavy atom. The van der Waals surface area contributed by atoms with Crippen molar-refractivity contribution in [3.8, 4) is 0 Å². The third-order valence-electron chi connectivity index (χ3n) is 5.48. The molecule has 1 aromatic heterocycles. The van der Waals surface area contributed by atoms with Crippen LogP contribution in [0.25, 0.3) is 11.0 Å². The van der Waals surface area contributed by atoms with Crippen molar-refractivity contribution in [3.63, 3.8) is 0 Å². The van der Waals surface area contributed by atoms with Gasteiger partial charge in [0.25, 0.3) is 5.91 Å². The van der Waals surface area contributed by atoms with E-state index >= 15 is 0 Å². The first-order valence-corrected chi connectivity index (χ1v) is 11.6. The Bertz CT molecular complexity index is 1300. The van der Waals surface area contributed by atoms with Crippen LogP contribution in [0.5, 0.6) is 0 Å². The summed E-state index contributed by atoms with van der Waals surface area (Å²) in [5.41, 5.74) is 1.36. The second-order valence-electron chi connectivity index (χ2n) is 8.06. The number of piperidine rings is 1. The van der Waals surface area contributed by atoms with Crippen LogP contribution >= 0.6 is 0 Å². The molecule has 1 saturated heterocycles. The van der Waals surface area contributed by atoms with Gasteiger partial charge in [0.05, 0.1) is 10.3 Å². The Kier molecular flexibility index (Phi) is 5.68. The number of amides is 1. The lowest BCUT2D eigenvalue weighted by Crippen LogP contribution is -2.39. The number of fused-ring (bicyclic) bond motifs is 1. The van der Waals surface area contributed by atoms with E-state index in [0.29, 0.717) is 35.7 Å². The lowest BCUT2D eigenvalue weighted by Gasteiger charge is -2.30. The Hall–Kier alpha value is -2.97. The normalized spacial score (nSPS) is 17.5. The van der Waals surface area contributed by atoms with Gasteiger partial charge in [0.15, 0.2) is 11.2 Å². The fourth-order valence-corrected chi connectivity index (χ4v) is 5.40. The minimum Gasteiger partial charge on any atom is -0.451 e. The summed E-state index contributed by atoms with van der Waals surface area (Å²) in [5.74, 6) is -0.358. The van der Waals surface area contributed by atoms with Gasteiger partial charge in [-0.05, 0) is 62.1 Å². The maximum absolute atomic E-state index is 12.9. The van der Waals surface area contributed by atoms with Gasteiger partial charge in [-0.1, -0.05) is 18.6 Å². The van der Waals surface area contributed by atoms with Crippen molar-refractivity contribution in [2.75, 3.05) is 18.4 Å². The van der Waals surface area contributed by atoms with Crippen molar-refractivity contribution in [1.29, 1.82) is 0 Å². The Morgan fingerprint density at radius 1 is 1.13 bits per heavy atom. The Labute approximate surface area is 180 Å². The molecule has 1 amide bonds. The minimum atomic E-state index is -3.57. The summed E-state index contributed by atoms with van der Waals surface area (Å²) in [6.07, 6.45) is 1.88. The zero-order valence-corrected chi connectivity index (χ0v) is 18.2. The fraction of sp³-hybridized carbons (Fsp3) is 0.304. The van der Waals surface area contributed by atoms with E-state index < -0.39 is 15.9 Å². The number of benzene rings is 2. The lowest BCUT2D eigenvalue weighted by molar-refractivity contribution is 0.0997. The SMILES string of the molecule is Cc1ccc2oc(C(=O)Nc3ccc(S(=O)(=O)N4CCC[C@H](C)C4)cc3)cc(=O)c2c1. The molecule has 7 nitrogen and oxygen atoms in total. The average Bonchev–Trinajstić information content (AvgIpc) is 2.74. The molecule has 2 heterocycles. The zero-order chi connectivity index (χ0) is 22.2. The number of carbonyl (C=O) groups excluding carboxylic acids is 1. The Morgan fingerprint density at radius 2 is 1.87 bits per heavy atom. The van der Waals surface area contributed by atoms with Gasteiger partial charge < -0.3 is 9.73 Å². The van der Waals surface area contributed by atoms with Crippen LogP contribution in [0.2, 0.25) is 0 Å². The van der Waals surface area contributed by atoms with Crippen LogP contribution in [0.15, 0.2) is 62.6 Å². The molecule has 3 aromatic rings. The van der Waals surface area contributed by atoms with Gasteiger partial charge in [0, 0.05) is 24.8 Å². The molecule has 162 valence electrons. The van der Waals surface area contributed by atoms with Gasteiger partial charge in [0.1, 0.15) is 5.58 Å². The number of nitrogens with zero attached hydrogens (tertiary/aromatic N) is 1. The van der Waals surface area contributed by atoms with Gasteiger partial charge >= 0.3 is 0 Å². The van der Waals surface area contributed by atoms with Crippen LogP contribution in [-0.2, 0) is 10.0 Å². The maximum Gasteiger partial charge on any atom is 0.291 e. The molecular weight excluding hydrogens is 416 g/mol. The first-order valence-electron chi connectivity index (χ1n) is 10.2. The highest BCUT2D eigenvalue weighted by atomic mass is 32.2. The predicted octanol–water partition coefficient (Wildman–Crippen LogP) is 3.77. The number of carbonyl (C=O) groups is 1. The standard InChI is InChI=1S/C23H24N2O5S/c1-15-5-10-21-19(12-15)20(26)13-22(30-21)23(27)24-17-6-8-18(9-7-17)31(28,29)25-11-3-4-16(2)14-25/h5-10,12-13,16H,3-4,11,14H2,1-2H3,(H,24,27)/t16-/m0/s1. The number of anilines is 1. The van der Waals surface area contributed by atoms with Crippen LogP contribution < -0.4 is 10.7 Å². The molecule has 4 rings (SSSR count). The zero-order valence-electron chi connectivity index (χ0n) is 17.4. The summed E-state index contributed by atoms with van der Waals surface area (Å²) >= 11 is 0. The van der Waals surface area contributed by atoms with E-state index in [-0.39, 0.29) is 16.1 Å². The number of hydrogen-bond donors (Lipinski definition) is 1. The Balaban J connectivity index is 1.53. The molecule has 2 aromatic carbocycles. The minimum absolute atomic E-state index is 0.111. The number of sulfonamides is 1. The van der Waals surface area contributed by atoms with Crippen molar-refractivity contribution < 1.29 is 17.6 Å². The fourth-order valence-electron chi connectivity index (χ4n) is 3.80. The largest absolute Gasteiger partial charge is 0.451 e. The summed E-state index contributed by atoms with van der Waals surface area (Å²) in [5, 5.41) is 3.06. The van der Waals surface area contributed by atoms with Gasteiger partial charge in [0.2, 0.25) is 10.0 Å². The van der Waals surface area contributed by atoms with E-state index in [4.69, 9.17) is 4.42 Å². The van der Waals surface area contributed by atoms with E-state index in [1.54, 1.807) is 18.2 Å². The number of nitrogens with one attached hydrogen (secondary N) is 1. The van der Waals surface area contributed by atoms with Gasteiger partial charge in [-0.15, -0.1) is 0 Å². The van der Waals surface area contributed by atoms with E-state index in [1.165, 1.54) is 28.6 Å². The van der Waals surface area contributed by atoms with Crippen molar-refractivity contribution in [2.24, 2.45) is 5.92 Å². The molecule has 0 saturated carbocycles. The predicted molar refractivity (Wildman–Crippen MR) is 119 cm³/mol. The second kappa shape index (κ2) is 8.28. The topological polar surface area (TPSA) is 96.7 Å². The molecule has 0 spiro atoms. The van der Waals surface area contributed by atoms with Crippen molar-refractivity contribution >= 4 is 32.6 Å². The molecule has 1 aliphatic rings. The van der Waals surface area contributed by atoms with Crippen LogP contribution in [0.3, 0.4) is 0 Å². The van der Waals surface area contributed by atoms with E-state index in [2.05, 4.69) is 5.32 Å². The summed E-state index contributed by atoms with van der Waals surface area (Å²) < 4.78 is 32.8. The molecule has 0 radical (unpaired) electrons. The molecule has 8 heteroatoms. The summed E-state index contributed by atoms with van der Waals surface area (Å²) in [4.78, 5) is 25.1. The highest BCUT2D eigenvalue weighted by Gasteiger charge is 2.28. The summed E-state index contributed by atoms with van der Waals surface area (Å²) in [7, 11) is -3.57. The molecule has 1 atom stereocenters. The molecular formula is C23H24N2O5S. The molecule has 0 unspecified atom stereocenters. The molecule has 1 fully saturated rings. The van der Waals surface area contributed by atoms with Crippen LogP contribution in [0, 0.1) is 12.8 Å². The highest BCUT2D eigenvalue weighted by Crippen LogP contribution is 2.24. The summed E-state index contributed by atoms with van der Waals surface area (Å²) in [6, 6.07) is 12.3. The lowest BCUT2D eigenvalue weighted by atomic mass is 10.0. The third kappa shape index (κ3) is 4.40. The summed E-state index contributed by atoms with van der Waals surface area (Å²) in [6.45, 7) is 4.95. The first kappa shape index (κ1) is 21.3. The van der Waals surface area contributed by atoms with Crippen LogP contribution in [0.1, 0.15) is 35.9 Å². The molecule has 1 aliphatic heterocycles.